The van der Waals surface area contributed by atoms with Crippen LogP contribution in [0.25, 0.3) is 32.9 Å². The van der Waals surface area contributed by atoms with Crippen LogP contribution in [0.15, 0.2) is 76.0 Å². The maximum atomic E-state index is 13.3. The van der Waals surface area contributed by atoms with Crippen molar-refractivity contribution < 1.29 is 32.0 Å². The summed E-state index contributed by atoms with van der Waals surface area (Å²) in [6.07, 6.45) is 3.90. The number of benzene rings is 4. The molecule has 0 saturated heterocycles. The summed E-state index contributed by atoms with van der Waals surface area (Å²) in [4.78, 5) is 10.7. The second kappa shape index (κ2) is 9.71. The van der Waals surface area contributed by atoms with Crippen molar-refractivity contribution in [3.05, 3.63) is 89.2 Å². The van der Waals surface area contributed by atoms with Crippen molar-refractivity contribution in [3.8, 4) is 22.6 Å². The third-order valence-corrected chi connectivity index (χ3v) is 9.23. The van der Waals surface area contributed by atoms with Gasteiger partial charge in [0.25, 0.3) is 0 Å². The third kappa shape index (κ3) is 4.38. The molecule has 7 nitrogen and oxygen atoms in total. The van der Waals surface area contributed by atoms with Crippen LogP contribution in [0.1, 0.15) is 58.8 Å². The average molecular weight is 557 g/mol. The first kappa shape index (κ1) is 26.0. The molecular formula is C32H28O7S. The molecule has 0 atom stereocenters. The predicted molar refractivity (Wildman–Crippen MR) is 153 cm³/mol. The number of carboxylic acid groups (broad SMARTS) is 1. The van der Waals surface area contributed by atoms with Crippen LogP contribution in [0.2, 0.25) is 0 Å². The summed E-state index contributed by atoms with van der Waals surface area (Å²) in [5.74, 6) is -0.783. The lowest BCUT2D eigenvalue weighted by atomic mass is 9.89. The van der Waals surface area contributed by atoms with Crippen molar-refractivity contribution in [3.63, 3.8) is 0 Å². The topological polar surface area (TPSA) is 114 Å². The summed E-state index contributed by atoms with van der Waals surface area (Å²) in [5.41, 5.74) is 4.39. The summed E-state index contributed by atoms with van der Waals surface area (Å²) >= 11 is 0. The fourth-order valence-corrected chi connectivity index (χ4v) is 6.88. The predicted octanol–water partition coefficient (Wildman–Crippen LogP) is 7.70. The first-order chi connectivity index (χ1) is 19.1. The first-order valence-corrected chi connectivity index (χ1v) is 14.6. The normalized spacial score (nSPS) is 14.2. The number of phenols is 1. The van der Waals surface area contributed by atoms with E-state index in [0.717, 1.165) is 93.6 Å². The second-order valence-corrected chi connectivity index (χ2v) is 11.9. The molecule has 4 aromatic carbocycles. The van der Waals surface area contributed by atoms with Gasteiger partial charge in [0.2, 0.25) is 0 Å². The van der Waals surface area contributed by atoms with Gasteiger partial charge >= 0.3 is 16.1 Å². The van der Waals surface area contributed by atoms with Gasteiger partial charge in [-0.2, -0.15) is 8.42 Å². The maximum absolute atomic E-state index is 13.3. The molecule has 8 heteroatoms. The molecule has 5 aromatic rings. The number of rotatable bonds is 6. The van der Waals surface area contributed by atoms with Gasteiger partial charge in [0.05, 0.1) is 5.56 Å². The van der Waals surface area contributed by atoms with Gasteiger partial charge in [0.1, 0.15) is 27.7 Å². The van der Waals surface area contributed by atoms with Crippen LogP contribution in [0.4, 0.5) is 0 Å². The Hall–Kier alpha value is -4.30. The zero-order valence-corrected chi connectivity index (χ0v) is 22.9. The smallest absolute Gasteiger partial charge is 0.342 e. The summed E-state index contributed by atoms with van der Waals surface area (Å²) in [5, 5.41) is 22.6. The fraction of sp³-hybridized carbons (Fsp3) is 0.219. The Morgan fingerprint density at radius 3 is 2.45 bits per heavy atom. The number of hydrogen-bond donors (Lipinski definition) is 2. The number of aromatic carboxylic acids is 1. The van der Waals surface area contributed by atoms with Gasteiger partial charge in [0, 0.05) is 10.9 Å². The van der Waals surface area contributed by atoms with E-state index in [4.69, 9.17) is 13.7 Å². The number of carbonyl (C=O) groups is 1. The van der Waals surface area contributed by atoms with Gasteiger partial charge in [-0.05, 0) is 96.5 Å². The van der Waals surface area contributed by atoms with Crippen molar-refractivity contribution in [1.29, 1.82) is 0 Å². The van der Waals surface area contributed by atoms with Crippen molar-refractivity contribution in [2.75, 3.05) is 0 Å². The van der Waals surface area contributed by atoms with Gasteiger partial charge in [-0.15, -0.1) is 0 Å². The van der Waals surface area contributed by atoms with E-state index in [2.05, 4.69) is 18.2 Å². The quantitative estimate of drug-likeness (QED) is 0.206. The number of furan rings is 1. The molecule has 1 heterocycles. The second-order valence-electron chi connectivity index (χ2n) is 10.4. The van der Waals surface area contributed by atoms with Crippen LogP contribution < -0.4 is 4.18 Å². The van der Waals surface area contributed by atoms with Crippen LogP contribution in [0, 0.1) is 13.8 Å². The molecule has 1 fully saturated rings. The highest BCUT2D eigenvalue weighted by atomic mass is 32.2. The van der Waals surface area contributed by atoms with Crippen LogP contribution in [-0.2, 0) is 10.1 Å². The molecular weight excluding hydrogens is 528 g/mol. The molecule has 1 aliphatic rings. The molecule has 2 N–H and O–H groups in total. The molecule has 1 aromatic heterocycles. The van der Waals surface area contributed by atoms with E-state index in [1.54, 1.807) is 6.07 Å². The van der Waals surface area contributed by atoms with E-state index in [1.165, 1.54) is 0 Å². The average Bonchev–Trinajstić information content (AvgIpc) is 3.55. The summed E-state index contributed by atoms with van der Waals surface area (Å²) in [6, 6.07) is 18.8. The lowest BCUT2D eigenvalue weighted by Crippen LogP contribution is -2.12. The lowest BCUT2D eigenvalue weighted by molar-refractivity contribution is 0.0696. The standard InChI is InChI=1S/C32H28O7S/c1-18-19(2)38-28-17-21-9-5-6-10-24(21)31(30(18)28)22-11-13-27(25(15-22)20-7-3-4-8-20)39-40(36,37)29-14-12-23(32(34)35)16-26(29)33/h5-6,9-17,20,33H,3-4,7-8H2,1-2H3,(H,34,35). The Balaban J connectivity index is 1.51. The van der Waals surface area contributed by atoms with Gasteiger partial charge < -0.3 is 18.8 Å². The summed E-state index contributed by atoms with van der Waals surface area (Å²) < 4.78 is 38.3. The zero-order chi connectivity index (χ0) is 28.2. The van der Waals surface area contributed by atoms with Gasteiger partial charge in [-0.1, -0.05) is 43.2 Å². The number of phenolic OH excluding ortho intramolecular Hbond substituents is 1. The number of carboxylic acids is 1. The minimum absolute atomic E-state index is 0.116. The van der Waals surface area contributed by atoms with Gasteiger partial charge in [-0.25, -0.2) is 4.79 Å². The van der Waals surface area contributed by atoms with Crippen LogP contribution in [0.3, 0.4) is 0 Å². The third-order valence-electron chi connectivity index (χ3n) is 7.95. The van der Waals surface area contributed by atoms with Crippen LogP contribution >= 0.6 is 0 Å². The summed E-state index contributed by atoms with van der Waals surface area (Å²) in [7, 11) is -4.45. The molecule has 1 aliphatic carbocycles. The number of aromatic hydroxyl groups is 1. The van der Waals surface area contributed by atoms with Crippen LogP contribution in [-0.4, -0.2) is 24.6 Å². The number of aryl methyl sites for hydroxylation is 2. The number of hydrogen-bond acceptors (Lipinski definition) is 6. The monoisotopic (exact) mass is 556 g/mol. The Morgan fingerprint density at radius 2 is 1.73 bits per heavy atom. The van der Waals surface area contributed by atoms with Crippen molar-refractivity contribution in [1.82, 2.24) is 0 Å². The van der Waals surface area contributed by atoms with Crippen LogP contribution in [0.5, 0.6) is 11.5 Å². The van der Waals surface area contributed by atoms with E-state index < -0.39 is 26.7 Å². The minimum atomic E-state index is -4.45. The fourth-order valence-electron chi connectivity index (χ4n) is 5.85. The molecule has 0 unspecified atom stereocenters. The zero-order valence-electron chi connectivity index (χ0n) is 22.1. The first-order valence-electron chi connectivity index (χ1n) is 13.2. The SMILES string of the molecule is Cc1oc2cc3ccccc3c(-c3ccc(OS(=O)(=O)c4ccc(C(=O)O)cc4O)c(C4CCCC4)c3)c2c1C. The lowest BCUT2D eigenvalue weighted by Gasteiger charge is -2.19. The number of fused-ring (bicyclic) bond motifs is 2. The Labute approximate surface area is 231 Å². The van der Waals surface area contributed by atoms with Gasteiger partial charge in [-0.3, -0.25) is 0 Å². The Morgan fingerprint density at radius 1 is 0.975 bits per heavy atom. The molecule has 1 saturated carbocycles. The van der Waals surface area contributed by atoms with Crippen molar-refractivity contribution in [2.45, 2.75) is 50.3 Å². The molecule has 0 spiro atoms. The highest BCUT2D eigenvalue weighted by molar-refractivity contribution is 7.87. The van der Waals surface area contributed by atoms with Crippen molar-refractivity contribution in [2.24, 2.45) is 0 Å². The van der Waals surface area contributed by atoms with E-state index in [-0.39, 0.29) is 17.2 Å². The molecule has 0 amide bonds. The Bertz CT molecular complexity index is 1910. The summed E-state index contributed by atoms with van der Waals surface area (Å²) in [6.45, 7) is 4.00. The van der Waals surface area contributed by atoms with E-state index in [1.807, 2.05) is 38.1 Å². The largest absolute Gasteiger partial charge is 0.506 e. The van der Waals surface area contributed by atoms with Gasteiger partial charge in [0.15, 0.2) is 0 Å². The molecule has 6 rings (SSSR count). The molecule has 204 valence electrons. The molecule has 0 aliphatic heterocycles. The maximum Gasteiger partial charge on any atom is 0.342 e. The molecule has 0 radical (unpaired) electrons. The molecule has 40 heavy (non-hydrogen) atoms. The van der Waals surface area contributed by atoms with E-state index >= 15 is 0 Å². The molecule has 0 bridgehead atoms. The highest BCUT2D eigenvalue weighted by Gasteiger charge is 2.28. The highest BCUT2D eigenvalue weighted by Crippen LogP contribution is 2.45. The van der Waals surface area contributed by atoms with Crippen molar-refractivity contribution >= 4 is 37.8 Å². The van der Waals surface area contributed by atoms with E-state index in [0.29, 0.717) is 0 Å². The minimum Gasteiger partial charge on any atom is -0.506 e. The Kier molecular flexibility index (Phi) is 6.30. The van der Waals surface area contributed by atoms with E-state index in [9.17, 15) is 18.3 Å².